The third-order valence-electron chi connectivity index (χ3n) is 2.61. The lowest BCUT2D eigenvalue weighted by Gasteiger charge is -2.14. The van der Waals surface area contributed by atoms with Crippen LogP contribution in [0.4, 0.5) is 11.4 Å². The van der Waals surface area contributed by atoms with Gasteiger partial charge in [-0.25, -0.2) is 0 Å². The maximum absolute atomic E-state index is 6.02. The van der Waals surface area contributed by atoms with Crippen molar-refractivity contribution in [2.24, 2.45) is 0 Å². The summed E-state index contributed by atoms with van der Waals surface area (Å²) in [4.78, 5) is 2.09. The number of rotatable bonds is 9. The van der Waals surface area contributed by atoms with Gasteiger partial charge in [0.25, 0.3) is 0 Å². The zero-order valence-electron chi connectivity index (χ0n) is 12.1. The van der Waals surface area contributed by atoms with Gasteiger partial charge in [-0.15, -0.1) is 0 Å². The summed E-state index contributed by atoms with van der Waals surface area (Å²) in [5, 5.41) is 3.26. The van der Waals surface area contributed by atoms with Gasteiger partial charge in [0.1, 0.15) is 5.75 Å². The maximum Gasteiger partial charge on any atom is 0.144 e. The highest BCUT2D eigenvalue weighted by atomic mass is 16.5. The van der Waals surface area contributed by atoms with Crippen molar-refractivity contribution < 1.29 is 9.47 Å². The van der Waals surface area contributed by atoms with Crippen molar-refractivity contribution >= 4 is 11.4 Å². The highest BCUT2D eigenvalue weighted by Gasteiger charge is 2.04. The number of nitrogen functional groups attached to an aromatic ring is 1. The molecular weight excluding hydrogens is 242 g/mol. The van der Waals surface area contributed by atoms with Crippen molar-refractivity contribution in [3.63, 3.8) is 0 Å². The van der Waals surface area contributed by atoms with Gasteiger partial charge in [0.05, 0.1) is 31.2 Å². The Bertz CT molecular complexity index is 370. The highest BCUT2D eigenvalue weighted by Crippen LogP contribution is 2.28. The van der Waals surface area contributed by atoms with Gasteiger partial charge in [0, 0.05) is 13.1 Å². The largest absolute Gasteiger partial charge is 0.492 e. The van der Waals surface area contributed by atoms with Gasteiger partial charge in [-0.05, 0) is 33.2 Å². The van der Waals surface area contributed by atoms with Crippen LogP contribution in [0.3, 0.4) is 0 Å². The minimum absolute atomic E-state index is 0.612. The summed E-state index contributed by atoms with van der Waals surface area (Å²) in [5.74, 6) is 0.723. The number of para-hydroxylation sites is 1. The molecule has 1 aromatic rings. The molecule has 0 spiro atoms. The number of nitrogens with two attached hydrogens (primary N) is 1. The van der Waals surface area contributed by atoms with Gasteiger partial charge in [0.15, 0.2) is 0 Å². The quantitative estimate of drug-likeness (QED) is 0.526. The lowest BCUT2D eigenvalue weighted by atomic mass is 10.2. The third kappa shape index (κ3) is 5.81. The van der Waals surface area contributed by atoms with Crippen LogP contribution in [0.15, 0.2) is 18.2 Å². The summed E-state index contributed by atoms with van der Waals surface area (Å²) < 4.78 is 11.0. The van der Waals surface area contributed by atoms with E-state index < -0.39 is 0 Å². The Morgan fingerprint density at radius 2 is 2.05 bits per heavy atom. The monoisotopic (exact) mass is 267 g/mol. The molecule has 0 aliphatic rings. The molecule has 0 bridgehead atoms. The molecule has 0 radical (unpaired) electrons. The van der Waals surface area contributed by atoms with E-state index in [0.29, 0.717) is 18.9 Å². The van der Waals surface area contributed by atoms with Crippen LogP contribution in [-0.4, -0.2) is 51.9 Å². The summed E-state index contributed by atoms with van der Waals surface area (Å²) in [6.07, 6.45) is 0. The number of benzene rings is 1. The van der Waals surface area contributed by atoms with E-state index in [1.807, 2.05) is 39.2 Å². The fraction of sp³-hybridized carbons (Fsp3) is 0.571. The third-order valence-corrected chi connectivity index (χ3v) is 2.61. The fourth-order valence-electron chi connectivity index (χ4n) is 1.59. The Kier molecular flexibility index (Phi) is 7.07. The average Bonchev–Trinajstić information content (AvgIpc) is 2.37. The summed E-state index contributed by atoms with van der Waals surface area (Å²) in [5.41, 5.74) is 7.56. The standard InChI is InChI=1S/C14H25N3O2/c1-4-19-13-7-5-6-12(14(13)15)16-8-10-18-11-9-17(2)3/h5-7,16H,4,8-11,15H2,1-3H3. The average molecular weight is 267 g/mol. The molecule has 0 unspecified atom stereocenters. The van der Waals surface area contributed by atoms with Crippen molar-refractivity contribution in [2.75, 3.05) is 58.1 Å². The molecule has 5 nitrogen and oxygen atoms in total. The molecule has 3 N–H and O–H groups in total. The summed E-state index contributed by atoms with van der Waals surface area (Å²) in [6, 6.07) is 5.74. The van der Waals surface area contributed by atoms with E-state index >= 15 is 0 Å². The van der Waals surface area contributed by atoms with E-state index in [1.165, 1.54) is 0 Å². The van der Waals surface area contributed by atoms with Gasteiger partial charge in [0.2, 0.25) is 0 Å². The van der Waals surface area contributed by atoms with E-state index in [1.54, 1.807) is 0 Å². The van der Waals surface area contributed by atoms with Crippen molar-refractivity contribution in [2.45, 2.75) is 6.92 Å². The van der Waals surface area contributed by atoms with E-state index in [4.69, 9.17) is 15.2 Å². The Labute approximate surface area is 115 Å². The molecule has 0 fully saturated rings. The van der Waals surface area contributed by atoms with Crippen LogP contribution in [0.25, 0.3) is 0 Å². The predicted molar refractivity (Wildman–Crippen MR) is 79.9 cm³/mol. The molecule has 0 aromatic heterocycles. The molecule has 0 saturated carbocycles. The molecule has 0 aliphatic carbocycles. The van der Waals surface area contributed by atoms with Gasteiger partial charge in [-0.2, -0.15) is 0 Å². The predicted octanol–water partition coefficient (Wildman–Crippen LogP) is 1.66. The van der Waals surface area contributed by atoms with Crippen LogP contribution in [0.1, 0.15) is 6.92 Å². The van der Waals surface area contributed by atoms with Crippen molar-refractivity contribution in [1.29, 1.82) is 0 Å². The first-order valence-electron chi connectivity index (χ1n) is 6.62. The van der Waals surface area contributed by atoms with E-state index in [-0.39, 0.29) is 0 Å². The fourth-order valence-corrected chi connectivity index (χ4v) is 1.59. The van der Waals surface area contributed by atoms with Gasteiger partial charge in [-0.3, -0.25) is 0 Å². The smallest absolute Gasteiger partial charge is 0.144 e. The molecule has 0 saturated heterocycles. The molecular formula is C14H25N3O2. The Balaban J connectivity index is 2.31. The summed E-state index contributed by atoms with van der Waals surface area (Å²) in [7, 11) is 4.06. The first kappa shape index (κ1) is 15.6. The normalized spacial score (nSPS) is 10.7. The molecule has 19 heavy (non-hydrogen) atoms. The van der Waals surface area contributed by atoms with E-state index in [2.05, 4.69) is 10.2 Å². The summed E-state index contributed by atoms with van der Waals surface area (Å²) in [6.45, 7) is 5.61. The maximum atomic E-state index is 6.02. The van der Waals surface area contributed by atoms with Crippen LogP contribution in [0.5, 0.6) is 5.75 Å². The van der Waals surface area contributed by atoms with Crippen molar-refractivity contribution in [3.8, 4) is 5.75 Å². The van der Waals surface area contributed by atoms with Crippen LogP contribution in [0, 0.1) is 0 Å². The Morgan fingerprint density at radius 1 is 1.26 bits per heavy atom. The lowest BCUT2D eigenvalue weighted by Crippen LogP contribution is -2.20. The van der Waals surface area contributed by atoms with Crippen LogP contribution in [0.2, 0.25) is 0 Å². The van der Waals surface area contributed by atoms with Crippen LogP contribution in [-0.2, 0) is 4.74 Å². The van der Waals surface area contributed by atoms with Crippen LogP contribution < -0.4 is 15.8 Å². The van der Waals surface area contributed by atoms with Gasteiger partial charge in [-0.1, -0.05) is 6.07 Å². The molecule has 0 amide bonds. The topological polar surface area (TPSA) is 59.8 Å². The number of ether oxygens (including phenoxy) is 2. The second-order valence-electron chi connectivity index (χ2n) is 4.49. The second-order valence-corrected chi connectivity index (χ2v) is 4.49. The molecule has 0 atom stereocenters. The number of anilines is 2. The minimum Gasteiger partial charge on any atom is -0.492 e. The van der Waals surface area contributed by atoms with Crippen molar-refractivity contribution in [3.05, 3.63) is 18.2 Å². The molecule has 0 heterocycles. The molecule has 1 rings (SSSR count). The highest BCUT2D eigenvalue weighted by molar-refractivity contribution is 5.72. The number of nitrogens with one attached hydrogen (secondary N) is 1. The zero-order valence-corrected chi connectivity index (χ0v) is 12.1. The number of likely N-dealkylation sites (N-methyl/N-ethyl adjacent to an activating group) is 1. The van der Waals surface area contributed by atoms with Crippen LogP contribution >= 0.6 is 0 Å². The van der Waals surface area contributed by atoms with E-state index in [0.717, 1.165) is 31.1 Å². The zero-order chi connectivity index (χ0) is 14.1. The minimum atomic E-state index is 0.612. The second kappa shape index (κ2) is 8.61. The van der Waals surface area contributed by atoms with Gasteiger partial charge < -0.3 is 25.4 Å². The molecule has 5 heteroatoms. The molecule has 1 aromatic carbocycles. The molecule has 0 aliphatic heterocycles. The first-order chi connectivity index (χ1) is 9.15. The number of hydrogen-bond donors (Lipinski definition) is 2. The lowest BCUT2D eigenvalue weighted by molar-refractivity contribution is 0.126. The molecule has 108 valence electrons. The Hall–Kier alpha value is -1.46. The summed E-state index contributed by atoms with van der Waals surface area (Å²) >= 11 is 0. The van der Waals surface area contributed by atoms with Crippen molar-refractivity contribution in [1.82, 2.24) is 4.90 Å². The van der Waals surface area contributed by atoms with E-state index in [9.17, 15) is 0 Å². The van der Waals surface area contributed by atoms with Gasteiger partial charge >= 0.3 is 0 Å². The number of nitrogens with zero attached hydrogens (tertiary/aromatic N) is 1. The number of hydrogen-bond acceptors (Lipinski definition) is 5. The SMILES string of the molecule is CCOc1cccc(NCCOCCN(C)C)c1N. The Morgan fingerprint density at radius 3 is 2.74 bits per heavy atom. The first-order valence-corrected chi connectivity index (χ1v) is 6.62.